The number of benzene rings is 3. The number of nitriles is 1. The predicted molar refractivity (Wildman–Crippen MR) is 165 cm³/mol. The van der Waals surface area contributed by atoms with Crippen LogP contribution in [-0.2, 0) is 16.0 Å². The molecule has 0 atom stereocenters. The zero-order valence-corrected chi connectivity index (χ0v) is 24.3. The van der Waals surface area contributed by atoms with Crippen molar-refractivity contribution in [2.75, 3.05) is 43.5 Å². The first-order valence-electron chi connectivity index (χ1n) is 13.3. The van der Waals surface area contributed by atoms with Gasteiger partial charge in [0.25, 0.3) is 0 Å². The van der Waals surface area contributed by atoms with E-state index >= 15 is 0 Å². The van der Waals surface area contributed by atoms with Gasteiger partial charge in [-0.3, -0.25) is 14.6 Å². The summed E-state index contributed by atoms with van der Waals surface area (Å²) in [5.74, 6) is 0.121. The van der Waals surface area contributed by atoms with Gasteiger partial charge in [-0.25, -0.2) is 0 Å². The Hall–Kier alpha value is -4.26. The Morgan fingerprint density at radius 3 is 2.20 bits per heavy atom. The molecule has 0 aliphatic carbocycles. The van der Waals surface area contributed by atoms with Gasteiger partial charge in [0.15, 0.2) is 11.6 Å². The van der Waals surface area contributed by atoms with E-state index in [-0.39, 0.29) is 30.2 Å². The Morgan fingerprint density at radius 1 is 0.902 bits per heavy atom. The highest BCUT2D eigenvalue weighted by atomic mass is 32.2. The minimum absolute atomic E-state index is 0.0215. The molecule has 3 aliphatic rings. The van der Waals surface area contributed by atoms with Crippen LogP contribution in [0.5, 0.6) is 0 Å². The molecule has 0 radical (unpaired) electrons. The molecular weight excluding hydrogens is 551 g/mol. The SMILES string of the molecule is CN1/C(=C(/C#N)C(=O)CN=C2/C(=C3\Sc4ccccc4N3C)C(=O)CN2CCc2ccccc2)Sc2ccccc21. The summed E-state index contributed by atoms with van der Waals surface area (Å²) in [7, 11) is 3.81. The smallest absolute Gasteiger partial charge is 0.197 e. The molecule has 0 N–H and O–H groups in total. The highest BCUT2D eigenvalue weighted by molar-refractivity contribution is 8.04. The van der Waals surface area contributed by atoms with Gasteiger partial charge in [-0.05, 0) is 36.2 Å². The summed E-state index contributed by atoms with van der Waals surface area (Å²) in [6.45, 7) is 0.560. The molecule has 1 fully saturated rings. The maximum atomic E-state index is 13.5. The number of fused-ring (bicyclic) bond motifs is 2. The number of anilines is 2. The van der Waals surface area contributed by atoms with E-state index in [1.54, 1.807) is 11.8 Å². The van der Waals surface area contributed by atoms with Gasteiger partial charge in [0, 0.05) is 30.4 Å². The summed E-state index contributed by atoms with van der Waals surface area (Å²) in [6, 6.07) is 28.1. The highest BCUT2D eigenvalue weighted by Gasteiger charge is 2.38. The van der Waals surface area contributed by atoms with Gasteiger partial charge >= 0.3 is 0 Å². The van der Waals surface area contributed by atoms with Crippen molar-refractivity contribution in [3.8, 4) is 6.07 Å². The number of aliphatic imine (C=N–C) groups is 1. The molecule has 1 saturated heterocycles. The molecule has 0 unspecified atom stereocenters. The monoisotopic (exact) mass is 577 g/mol. The fourth-order valence-corrected chi connectivity index (χ4v) is 7.56. The first-order valence-corrected chi connectivity index (χ1v) is 14.9. The number of hydrogen-bond donors (Lipinski definition) is 0. The summed E-state index contributed by atoms with van der Waals surface area (Å²) >= 11 is 2.96. The molecule has 3 aromatic carbocycles. The van der Waals surface area contributed by atoms with Crippen LogP contribution >= 0.6 is 23.5 Å². The van der Waals surface area contributed by atoms with Crippen molar-refractivity contribution in [3.63, 3.8) is 0 Å². The molecule has 3 heterocycles. The summed E-state index contributed by atoms with van der Waals surface area (Å²) in [4.78, 5) is 39.7. The summed E-state index contributed by atoms with van der Waals surface area (Å²) in [5.41, 5.74) is 3.75. The lowest BCUT2D eigenvalue weighted by Crippen LogP contribution is -2.29. The number of amidine groups is 1. The predicted octanol–water partition coefficient (Wildman–Crippen LogP) is 5.51. The van der Waals surface area contributed by atoms with Crippen molar-refractivity contribution >= 4 is 52.3 Å². The fraction of sp³-hybridized carbons (Fsp3) is 0.188. The molecule has 9 heteroatoms. The molecule has 204 valence electrons. The molecule has 0 saturated carbocycles. The normalized spacial score (nSPS) is 20.0. The van der Waals surface area contributed by atoms with E-state index in [1.807, 2.05) is 95.5 Å². The molecule has 6 rings (SSSR count). The van der Waals surface area contributed by atoms with E-state index in [9.17, 15) is 14.9 Å². The number of carbonyl (C=O) groups is 2. The Bertz CT molecular complexity index is 1690. The van der Waals surface area contributed by atoms with Gasteiger partial charge in [0.05, 0.1) is 28.5 Å². The minimum atomic E-state index is -0.371. The average molecular weight is 578 g/mol. The minimum Gasteiger partial charge on any atom is -0.348 e. The molecule has 3 aliphatic heterocycles. The topological polar surface area (TPSA) is 80.0 Å². The zero-order valence-electron chi connectivity index (χ0n) is 22.7. The van der Waals surface area contributed by atoms with Gasteiger partial charge in [-0.2, -0.15) is 5.26 Å². The average Bonchev–Trinajstić information content (AvgIpc) is 3.62. The van der Waals surface area contributed by atoms with Crippen molar-refractivity contribution in [2.45, 2.75) is 16.2 Å². The highest BCUT2D eigenvalue weighted by Crippen LogP contribution is 2.48. The number of thioether (sulfide) groups is 2. The zero-order chi connectivity index (χ0) is 28.5. The number of hydrogen-bond acceptors (Lipinski definition) is 8. The van der Waals surface area contributed by atoms with Crippen LogP contribution in [0.25, 0.3) is 0 Å². The number of ketones is 2. The summed E-state index contributed by atoms with van der Waals surface area (Å²) < 4.78 is 0. The van der Waals surface area contributed by atoms with Gasteiger partial charge in [0.1, 0.15) is 29.1 Å². The summed E-state index contributed by atoms with van der Waals surface area (Å²) in [6.07, 6.45) is 0.736. The number of Topliss-reactive ketones (excluding diaryl/α,β-unsaturated/α-hetero) is 2. The molecule has 0 amide bonds. The van der Waals surface area contributed by atoms with Crippen LogP contribution < -0.4 is 9.80 Å². The first kappa shape index (κ1) is 26.9. The molecule has 7 nitrogen and oxygen atoms in total. The lowest BCUT2D eigenvalue weighted by atomic mass is 10.1. The van der Waals surface area contributed by atoms with Crippen molar-refractivity contribution < 1.29 is 9.59 Å². The van der Waals surface area contributed by atoms with E-state index in [0.717, 1.165) is 38.2 Å². The number of rotatable bonds is 6. The molecule has 41 heavy (non-hydrogen) atoms. The van der Waals surface area contributed by atoms with Crippen molar-refractivity contribution in [2.24, 2.45) is 4.99 Å². The number of carbonyl (C=O) groups excluding carboxylic acids is 2. The number of likely N-dealkylation sites (tertiary alicyclic amines) is 1. The maximum absolute atomic E-state index is 13.5. The van der Waals surface area contributed by atoms with Crippen LogP contribution in [0.4, 0.5) is 11.4 Å². The van der Waals surface area contributed by atoms with Crippen LogP contribution in [0, 0.1) is 11.3 Å². The van der Waals surface area contributed by atoms with Crippen LogP contribution in [0.2, 0.25) is 0 Å². The van der Waals surface area contributed by atoms with E-state index < -0.39 is 0 Å². The van der Waals surface area contributed by atoms with Gasteiger partial charge in [0.2, 0.25) is 0 Å². The van der Waals surface area contributed by atoms with E-state index in [1.165, 1.54) is 11.8 Å². The van der Waals surface area contributed by atoms with Crippen molar-refractivity contribution in [3.05, 3.63) is 106 Å². The third kappa shape index (κ3) is 5.05. The molecule has 3 aromatic rings. The largest absolute Gasteiger partial charge is 0.348 e. The third-order valence-electron chi connectivity index (χ3n) is 7.32. The van der Waals surface area contributed by atoms with E-state index in [2.05, 4.69) is 18.2 Å². The molecular formula is C32H27N5O2S2. The van der Waals surface area contributed by atoms with Crippen LogP contribution in [0.3, 0.4) is 0 Å². The van der Waals surface area contributed by atoms with Gasteiger partial charge in [-0.1, -0.05) is 78.1 Å². The maximum Gasteiger partial charge on any atom is 0.197 e. The Kier molecular flexibility index (Phi) is 7.43. The molecule has 0 aromatic heterocycles. The second-order valence-electron chi connectivity index (χ2n) is 9.87. The Morgan fingerprint density at radius 2 is 1.54 bits per heavy atom. The molecule has 0 spiro atoms. The molecule has 0 bridgehead atoms. The quantitative estimate of drug-likeness (QED) is 0.280. The third-order valence-corrected chi connectivity index (χ3v) is 9.79. The van der Waals surface area contributed by atoms with Crippen molar-refractivity contribution in [1.29, 1.82) is 5.26 Å². The Labute approximate surface area is 247 Å². The van der Waals surface area contributed by atoms with E-state index in [0.29, 0.717) is 23.0 Å². The second-order valence-corrected chi connectivity index (χ2v) is 11.9. The van der Waals surface area contributed by atoms with Crippen LogP contribution in [0.1, 0.15) is 5.56 Å². The lowest BCUT2D eigenvalue weighted by Gasteiger charge is -2.20. The van der Waals surface area contributed by atoms with Gasteiger partial charge < -0.3 is 14.7 Å². The fourth-order valence-electron chi connectivity index (χ4n) is 5.20. The lowest BCUT2D eigenvalue weighted by molar-refractivity contribution is -0.115. The van der Waals surface area contributed by atoms with E-state index in [4.69, 9.17) is 4.99 Å². The first-order chi connectivity index (χ1) is 20.0. The standard InChI is InChI=1S/C32H27N5O2S2/c1-35-23-12-6-8-14-27(23)40-31(35)22(18-33)25(38)19-34-30-29(32-36(2)24-13-7-9-15-28(24)41-32)26(39)20-37(30)17-16-21-10-4-3-5-11-21/h3-15H,16-17,19-20H2,1-2H3/b31-22+,32-29-,34-30?. The van der Waals surface area contributed by atoms with Gasteiger partial charge in [-0.15, -0.1) is 0 Å². The van der Waals surface area contributed by atoms with Crippen LogP contribution in [0.15, 0.2) is 115 Å². The van der Waals surface area contributed by atoms with Crippen molar-refractivity contribution in [1.82, 2.24) is 4.90 Å². The Balaban J connectivity index is 1.34. The van der Waals surface area contributed by atoms with Crippen LogP contribution in [-0.4, -0.2) is 56.0 Å². The second kappa shape index (κ2) is 11.3. The number of nitrogens with zero attached hydrogens (tertiary/aromatic N) is 5. The summed E-state index contributed by atoms with van der Waals surface area (Å²) in [5, 5.41) is 11.4. The number of para-hydroxylation sites is 2.